The van der Waals surface area contributed by atoms with Crippen molar-refractivity contribution in [3.05, 3.63) is 0 Å². The first kappa shape index (κ1) is 13.7. The number of carbonyl (C=O) groups excluding carboxylic acids is 1. The first-order valence-electron chi connectivity index (χ1n) is 7.71. The molecule has 2 atom stereocenters. The number of carbonyl (C=O) groups is 1. The maximum absolute atomic E-state index is 11.9. The van der Waals surface area contributed by atoms with Gasteiger partial charge in [0, 0.05) is 6.04 Å². The average Bonchev–Trinajstić information content (AvgIpc) is 2.57. The van der Waals surface area contributed by atoms with Crippen molar-refractivity contribution in [1.29, 1.82) is 0 Å². The van der Waals surface area contributed by atoms with Crippen molar-refractivity contribution >= 4 is 6.09 Å². The zero-order valence-corrected chi connectivity index (χ0v) is 11.6. The third-order valence-electron chi connectivity index (χ3n) is 4.34. The lowest BCUT2D eigenvalue weighted by atomic mass is 9.89. The Balaban J connectivity index is 1.70. The van der Waals surface area contributed by atoms with Crippen LogP contribution in [0.4, 0.5) is 4.79 Å². The second-order valence-electron chi connectivity index (χ2n) is 6.13. The van der Waals surface area contributed by atoms with Crippen molar-refractivity contribution in [2.45, 2.75) is 83.3 Å². The molecule has 2 saturated carbocycles. The largest absolute Gasteiger partial charge is 0.446 e. The lowest BCUT2D eigenvalue weighted by molar-refractivity contribution is 0.0599. The van der Waals surface area contributed by atoms with Gasteiger partial charge in [-0.3, -0.25) is 0 Å². The summed E-state index contributed by atoms with van der Waals surface area (Å²) in [6, 6.07) is 0.348. The van der Waals surface area contributed by atoms with Crippen molar-refractivity contribution in [3.8, 4) is 0 Å². The monoisotopic (exact) mass is 253 g/mol. The molecule has 0 aliphatic heterocycles. The van der Waals surface area contributed by atoms with Gasteiger partial charge in [-0.05, 0) is 38.0 Å². The normalized spacial score (nSPS) is 30.5. The number of rotatable bonds is 2. The molecule has 0 aromatic heterocycles. The molecule has 0 spiro atoms. The van der Waals surface area contributed by atoms with Gasteiger partial charge < -0.3 is 10.1 Å². The molecule has 0 heterocycles. The van der Waals surface area contributed by atoms with Gasteiger partial charge in [0.1, 0.15) is 6.10 Å². The van der Waals surface area contributed by atoms with Crippen LogP contribution in [0.1, 0.15) is 71.1 Å². The third kappa shape index (κ3) is 4.51. The molecule has 1 amide bonds. The van der Waals surface area contributed by atoms with E-state index in [0.717, 1.165) is 25.7 Å². The second-order valence-corrected chi connectivity index (χ2v) is 6.13. The van der Waals surface area contributed by atoms with E-state index >= 15 is 0 Å². The predicted octanol–water partition coefficient (Wildman–Crippen LogP) is 4.01. The molecule has 104 valence electrons. The van der Waals surface area contributed by atoms with E-state index in [2.05, 4.69) is 12.2 Å². The van der Waals surface area contributed by atoms with Crippen molar-refractivity contribution in [2.24, 2.45) is 5.92 Å². The van der Waals surface area contributed by atoms with E-state index in [1.54, 1.807) is 0 Å². The lowest BCUT2D eigenvalue weighted by Gasteiger charge is -2.27. The molecular formula is C15H27NO2. The Morgan fingerprint density at radius 2 is 1.72 bits per heavy atom. The lowest BCUT2D eigenvalue weighted by Crippen LogP contribution is -2.37. The molecular weight excluding hydrogens is 226 g/mol. The highest BCUT2D eigenvalue weighted by Gasteiger charge is 2.23. The second kappa shape index (κ2) is 7.01. The van der Waals surface area contributed by atoms with Gasteiger partial charge >= 0.3 is 6.09 Å². The Labute approximate surface area is 111 Å². The Hall–Kier alpha value is -0.730. The number of nitrogens with one attached hydrogen (secondary N) is 1. The van der Waals surface area contributed by atoms with E-state index in [-0.39, 0.29) is 12.2 Å². The quantitative estimate of drug-likeness (QED) is 0.755. The molecule has 2 fully saturated rings. The molecule has 0 aromatic carbocycles. The number of hydrogen-bond acceptors (Lipinski definition) is 2. The molecule has 1 N–H and O–H groups in total. The Morgan fingerprint density at radius 1 is 1.00 bits per heavy atom. The first-order chi connectivity index (χ1) is 8.74. The smallest absolute Gasteiger partial charge is 0.407 e. The summed E-state index contributed by atoms with van der Waals surface area (Å²) in [6.45, 7) is 2.25. The van der Waals surface area contributed by atoms with E-state index in [9.17, 15) is 4.79 Å². The van der Waals surface area contributed by atoms with E-state index in [0.29, 0.717) is 12.0 Å². The van der Waals surface area contributed by atoms with Crippen LogP contribution in [-0.4, -0.2) is 18.2 Å². The van der Waals surface area contributed by atoms with Crippen LogP contribution in [0.2, 0.25) is 0 Å². The summed E-state index contributed by atoms with van der Waals surface area (Å²) in [6.07, 6.45) is 11.9. The summed E-state index contributed by atoms with van der Waals surface area (Å²) in [5.74, 6) is 0.703. The topological polar surface area (TPSA) is 38.3 Å². The summed E-state index contributed by atoms with van der Waals surface area (Å²) in [7, 11) is 0. The van der Waals surface area contributed by atoms with Crippen LogP contribution in [0, 0.1) is 5.92 Å². The number of hydrogen-bond donors (Lipinski definition) is 1. The number of ether oxygens (including phenoxy) is 1. The van der Waals surface area contributed by atoms with E-state index in [1.165, 1.54) is 38.5 Å². The molecule has 2 aliphatic carbocycles. The molecule has 2 unspecified atom stereocenters. The van der Waals surface area contributed by atoms with Crippen molar-refractivity contribution < 1.29 is 9.53 Å². The summed E-state index contributed by atoms with van der Waals surface area (Å²) >= 11 is 0. The summed E-state index contributed by atoms with van der Waals surface area (Å²) in [4.78, 5) is 11.9. The fourth-order valence-corrected chi connectivity index (χ4v) is 3.26. The summed E-state index contributed by atoms with van der Waals surface area (Å²) < 4.78 is 5.56. The van der Waals surface area contributed by atoms with Gasteiger partial charge in [-0.1, -0.05) is 39.0 Å². The van der Waals surface area contributed by atoms with Crippen LogP contribution in [0.15, 0.2) is 0 Å². The maximum Gasteiger partial charge on any atom is 0.407 e. The maximum atomic E-state index is 11.9. The van der Waals surface area contributed by atoms with E-state index < -0.39 is 0 Å². The van der Waals surface area contributed by atoms with Gasteiger partial charge in [-0.2, -0.15) is 0 Å². The molecule has 0 saturated heterocycles. The fourth-order valence-electron chi connectivity index (χ4n) is 3.26. The van der Waals surface area contributed by atoms with Crippen molar-refractivity contribution in [1.82, 2.24) is 5.32 Å². The fraction of sp³-hybridized carbons (Fsp3) is 0.933. The highest BCUT2D eigenvalue weighted by Crippen LogP contribution is 2.26. The molecule has 18 heavy (non-hydrogen) atoms. The first-order valence-corrected chi connectivity index (χ1v) is 7.71. The zero-order chi connectivity index (χ0) is 12.8. The Bertz CT molecular complexity index is 253. The summed E-state index contributed by atoms with van der Waals surface area (Å²) in [5.41, 5.74) is 0. The highest BCUT2D eigenvalue weighted by atomic mass is 16.6. The third-order valence-corrected chi connectivity index (χ3v) is 4.34. The van der Waals surface area contributed by atoms with Crippen molar-refractivity contribution in [3.63, 3.8) is 0 Å². The van der Waals surface area contributed by atoms with Gasteiger partial charge in [0.05, 0.1) is 0 Å². The summed E-state index contributed by atoms with van der Waals surface area (Å²) in [5, 5.41) is 3.06. The van der Waals surface area contributed by atoms with Crippen LogP contribution < -0.4 is 5.32 Å². The number of alkyl carbamates (subject to hydrolysis) is 1. The minimum absolute atomic E-state index is 0.152. The van der Waals surface area contributed by atoms with Gasteiger partial charge in [0.2, 0.25) is 0 Å². The van der Waals surface area contributed by atoms with E-state index in [4.69, 9.17) is 4.74 Å². The van der Waals surface area contributed by atoms with Crippen LogP contribution in [0.25, 0.3) is 0 Å². The van der Waals surface area contributed by atoms with Gasteiger partial charge in [-0.25, -0.2) is 4.79 Å². The predicted molar refractivity (Wildman–Crippen MR) is 72.5 cm³/mol. The molecule has 0 aromatic rings. The zero-order valence-electron chi connectivity index (χ0n) is 11.6. The molecule has 3 heteroatoms. The Morgan fingerprint density at radius 3 is 2.39 bits per heavy atom. The van der Waals surface area contributed by atoms with Crippen LogP contribution in [-0.2, 0) is 4.74 Å². The molecule has 0 radical (unpaired) electrons. The van der Waals surface area contributed by atoms with Crippen LogP contribution in [0.5, 0.6) is 0 Å². The molecule has 2 aliphatic rings. The van der Waals surface area contributed by atoms with Gasteiger partial charge in [-0.15, -0.1) is 0 Å². The highest BCUT2D eigenvalue weighted by molar-refractivity contribution is 5.67. The van der Waals surface area contributed by atoms with Crippen LogP contribution in [0.3, 0.4) is 0 Å². The standard InChI is InChI=1S/C15H27NO2/c1-12-7-6-10-14(11-12)18-15(17)16-13-8-4-2-3-5-9-13/h12-14H,2-11H2,1H3,(H,16,17). The van der Waals surface area contributed by atoms with Crippen molar-refractivity contribution in [2.75, 3.05) is 0 Å². The van der Waals surface area contributed by atoms with Gasteiger partial charge in [0.15, 0.2) is 0 Å². The minimum atomic E-state index is -0.180. The average molecular weight is 253 g/mol. The molecule has 0 bridgehead atoms. The van der Waals surface area contributed by atoms with Gasteiger partial charge in [0.25, 0.3) is 0 Å². The van der Waals surface area contributed by atoms with E-state index in [1.807, 2.05) is 0 Å². The Kier molecular flexibility index (Phi) is 5.33. The number of amides is 1. The minimum Gasteiger partial charge on any atom is -0.446 e. The molecule has 3 nitrogen and oxygen atoms in total. The molecule has 2 rings (SSSR count). The van der Waals surface area contributed by atoms with Crippen LogP contribution >= 0.6 is 0 Å². The SMILES string of the molecule is CC1CCCC(OC(=O)NC2CCCCCC2)C1.